The highest BCUT2D eigenvalue weighted by molar-refractivity contribution is 8.14. The summed E-state index contributed by atoms with van der Waals surface area (Å²) in [5, 5.41) is 2.74. The number of carbonyl (C=O) groups is 3. The molecule has 8 nitrogen and oxygen atoms in total. The van der Waals surface area contributed by atoms with E-state index in [1.807, 2.05) is 31.3 Å². The number of hydrogen-bond donors (Lipinski definition) is 2. The number of rotatable bonds is 6. The fraction of sp³-hybridized carbons (Fsp3) is 0.375. The lowest BCUT2D eigenvalue weighted by Gasteiger charge is -2.26. The van der Waals surface area contributed by atoms with E-state index in [2.05, 4.69) is 21.3 Å². The molecule has 0 unspecified atom stereocenters. The maximum Gasteiger partial charge on any atom is 0.289 e. The third-order valence-corrected chi connectivity index (χ3v) is 7.10. The van der Waals surface area contributed by atoms with Crippen LogP contribution in [0.2, 0.25) is 0 Å². The summed E-state index contributed by atoms with van der Waals surface area (Å²) >= 11 is 1.03. The average molecular weight is 467 g/mol. The van der Waals surface area contributed by atoms with Gasteiger partial charge in [0.1, 0.15) is 0 Å². The molecule has 1 aromatic carbocycles. The molecular formula is C24H26N4O4S. The number of nitrogens with zero attached hydrogens (tertiary/aromatic N) is 2. The molecule has 2 N–H and O–H groups in total. The second kappa shape index (κ2) is 9.17. The number of H-pyrrole nitrogens is 1. The Bertz CT molecular complexity index is 1130. The number of carbonyl (C=O) groups excluding carboxylic acids is 3. The van der Waals surface area contributed by atoms with Crippen molar-refractivity contribution in [1.82, 2.24) is 14.8 Å². The van der Waals surface area contributed by atoms with Crippen molar-refractivity contribution in [1.29, 1.82) is 0 Å². The van der Waals surface area contributed by atoms with E-state index in [1.54, 1.807) is 0 Å². The van der Waals surface area contributed by atoms with Crippen molar-refractivity contribution in [3.8, 4) is 0 Å². The number of morpholine rings is 1. The van der Waals surface area contributed by atoms with Crippen molar-refractivity contribution < 1.29 is 19.1 Å². The SMILES string of the molecule is CC/C(=C1\C(=O)Nc2ccc(CN3C(=O)CSC3=O)cc21)c1cc(CN2CCOCC2)c[nH]1. The predicted molar refractivity (Wildman–Crippen MR) is 127 cm³/mol. The third-order valence-electron chi connectivity index (χ3n) is 6.24. The van der Waals surface area contributed by atoms with Gasteiger partial charge in [0.2, 0.25) is 5.91 Å². The van der Waals surface area contributed by atoms with Crippen molar-refractivity contribution in [2.45, 2.75) is 26.4 Å². The fourth-order valence-electron chi connectivity index (χ4n) is 4.55. The molecule has 0 aliphatic carbocycles. The number of fused-ring (bicyclic) bond motifs is 1. The molecular weight excluding hydrogens is 440 g/mol. The molecule has 33 heavy (non-hydrogen) atoms. The van der Waals surface area contributed by atoms with Crippen LogP contribution in [-0.2, 0) is 27.4 Å². The highest BCUT2D eigenvalue weighted by Gasteiger charge is 2.32. The Hall–Kier alpha value is -2.88. The number of amides is 3. The molecule has 0 atom stereocenters. The summed E-state index contributed by atoms with van der Waals surface area (Å²) < 4.78 is 5.43. The normalized spacial score (nSPS) is 20.4. The van der Waals surface area contributed by atoms with Crippen LogP contribution in [0.25, 0.3) is 11.1 Å². The lowest BCUT2D eigenvalue weighted by Crippen LogP contribution is -2.35. The van der Waals surface area contributed by atoms with Gasteiger partial charge in [0.25, 0.3) is 11.1 Å². The summed E-state index contributed by atoms with van der Waals surface area (Å²) in [6, 6.07) is 7.74. The molecule has 2 saturated heterocycles. The van der Waals surface area contributed by atoms with Gasteiger partial charge in [-0.2, -0.15) is 0 Å². The van der Waals surface area contributed by atoms with Crippen molar-refractivity contribution >= 4 is 45.6 Å². The first kappa shape index (κ1) is 21.9. The van der Waals surface area contributed by atoms with Crippen LogP contribution in [-0.4, -0.2) is 63.9 Å². The Morgan fingerprint density at radius 1 is 1.09 bits per heavy atom. The van der Waals surface area contributed by atoms with Gasteiger partial charge in [-0.3, -0.25) is 24.2 Å². The summed E-state index contributed by atoms with van der Waals surface area (Å²) in [6.45, 7) is 6.45. The summed E-state index contributed by atoms with van der Waals surface area (Å²) in [5.74, 6) is -0.120. The van der Waals surface area contributed by atoms with Gasteiger partial charge in [-0.25, -0.2) is 0 Å². The first-order chi connectivity index (χ1) is 16.0. The van der Waals surface area contributed by atoms with Crippen molar-refractivity contribution in [2.24, 2.45) is 0 Å². The van der Waals surface area contributed by atoms with Crippen LogP contribution < -0.4 is 5.32 Å². The van der Waals surface area contributed by atoms with E-state index in [-0.39, 0.29) is 29.4 Å². The molecule has 3 amide bonds. The van der Waals surface area contributed by atoms with Crippen LogP contribution in [0.1, 0.15) is 35.7 Å². The van der Waals surface area contributed by atoms with Crippen molar-refractivity contribution in [3.63, 3.8) is 0 Å². The average Bonchev–Trinajstić information content (AvgIpc) is 3.49. The minimum atomic E-state index is -0.223. The monoisotopic (exact) mass is 466 g/mol. The molecule has 0 spiro atoms. The van der Waals surface area contributed by atoms with Crippen LogP contribution in [0.3, 0.4) is 0 Å². The first-order valence-corrected chi connectivity index (χ1v) is 12.1. The van der Waals surface area contributed by atoms with Gasteiger partial charge in [-0.1, -0.05) is 24.8 Å². The molecule has 0 saturated carbocycles. The number of nitrogens with one attached hydrogen (secondary N) is 2. The van der Waals surface area contributed by atoms with Gasteiger partial charge >= 0.3 is 0 Å². The molecule has 2 aromatic rings. The lowest BCUT2D eigenvalue weighted by atomic mass is 9.95. The Balaban J connectivity index is 1.44. The highest BCUT2D eigenvalue weighted by Crippen LogP contribution is 2.39. The van der Waals surface area contributed by atoms with Gasteiger partial charge in [0.05, 0.1) is 31.1 Å². The number of ether oxygens (including phenoxy) is 1. The third kappa shape index (κ3) is 4.36. The Morgan fingerprint density at radius 2 is 1.91 bits per heavy atom. The second-order valence-electron chi connectivity index (χ2n) is 8.39. The van der Waals surface area contributed by atoms with E-state index in [0.29, 0.717) is 12.0 Å². The summed E-state index contributed by atoms with van der Waals surface area (Å²) in [6.07, 6.45) is 2.69. The van der Waals surface area contributed by atoms with Gasteiger partial charge < -0.3 is 15.0 Å². The zero-order chi connectivity index (χ0) is 22.9. The molecule has 0 bridgehead atoms. The molecule has 4 heterocycles. The van der Waals surface area contributed by atoms with E-state index in [9.17, 15) is 14.4 Å². The Labute approximate surface area is 196 Å². The number of imide groups is 1. The zero-order valence-electron chi connectivity index (χ0n) is 18.5. The van der Waals surface area contributed by atoms with Crippen molar-refractivity contribution in [3.05, 3.63) is 52.8 Å². The minimum absolute atomic E-state index is 0.132. The molecule has 0 radical (unpaired) electrons. The summed E-state index contributed by atoms with van der Waals surface area (Å²) in [5.41, 5.74) is 6.08. The molecule has 3 aliphatic heterocycles. The maximum absolute atomic E-state index is 13.0. The Morgan fingerprint density at radius 3 is 2.64 bits per heavy atom. The second-order valence-corrected chi connectivity index (χ2v) is 9.31. The molecule has 2 fully saturated rings. The summed E-state index contributed by atoms with van der Waals surface area (Å²) in [4.78, 5) is 44.0. The van der Waals surface area contributed by atoms with Gasteiger partial charge in [0.15, 0.2) is 0 Å². The van der Waals surface area contributed by atoms with E-state index >= 15 is 0 Å². The minimum Gasteiger partial charge on any atom is -0.379 e. The van der Waals surface area contributed by atoms with Crippen LogP contribution in [0.15, 0.2) is 30.5 Å². The van der Waals surface area contributed by atoms with E-state index in [1.165, 1.54) is 10.5 Å². The maximum atomic E-state index is 13.0. The molecule has 9 heteroatoms. The van der Waals surface area contributed by atoms with Crippen molar-refractivity contribution in [2.75, 3.05) is 37.4 Å². The van der Waals surface area contributed by atoms with Gasteiger partial charge in [0, 0.05) is 42.8 Å². The first-order valence-electron chi connectivity index (χ1n) is 11.2. The van der Waals surface area contributed by atoms with Gasteiger partial charge in [-0.15, -0.1) is 0 Å². The number of allylic oxidation sites excluding steroid dienone is 1. The highest BCUT2D eigenvalue weighted by atomic mass is 32.2. The van der Waals surface area contributed by atoms with E-state index in [4.69, 9.17) is 4.74 Å². The summed E-state index contributed by atoms with van der Waals surface area (Å²) in [7, 11) is 0. The van der Waals surface area contributed by atoms with Crippen LogP contribution in [0.5, 0.6) is 0 Å². The number of benzene rings is 1. The molecule has 5 rings (SSSR count). The van der Waals surface area contributed by atoms with E-state index in [0.717, 1.165) is 72.7 Å². The number of hydrogen-bond acceptors (Lipinski definition) is 6. The van der Waals surface area contributed by atoms with Crippen LogP contribution in [0.4, 0.5) is 10.5 Å². The smallest absolute Gasteiger partial charge is 0.289 e. The number of thioether (sulfide) groups is 1. The standard InChI is InChI=1S/C24H26N4O4S/c1-2-17(20-10-16(11-25-20)12-27-5-7-32-8-6-27)22-18-9-15(3-4-19(18)26-23(22)30)13-28-21(29)14-33-24(28)31/h3-4,9-11,25H,2,5-8,12-14H2,1H3,(H,26,30)/b22-17+. The van der Waals surface area contributed by atoms with Crippen LogP contribution >= 0.6 is 11.8 Å². The number of aromatic nitrogens is 1. The Kier molecular flexibility index (Phi) is 6.09. The molecule has 172 valence electrons. The number of aromatic amines is 1. The fourth-order valence-corrected chi connectivity index (χ4v) is 5.28. The van der Waals surface area contributed by atoms with E-state index < -0.39 is 0 Å². The number of anilines is 1. The topological polar surface area (TPSA) is 94.7 Å². The predicted octanol–water partition coefficient (Wildman–Crippen LogP) is 3.32. The van der Waals surface area contributed by atoms with Crippen LogP contribution in [0, 0.1) is 0 Å². The lowest BCUT2D eigenvalue weighted by molar-refractivity contribution is -0.125. The quantitative estimate of drug-likeness (QED) is 0.635. The van der Waals surface area contributed by atoms with Gasteiger partial charge in [-0.05, 0) is 41.3 Å². The largest absolute Gasteiger partial charge is 0.379 e. The molecule has 3 aliphatic rings. The molecule has 1 aromatic heterocycles. The zero-order valence-corrected chi connectivity index (χ0v) is 19.3.